The summed E-state index contributed by atoms with van der Waals surface area (Å²) < 4.78 is 43.2. The molecule has 0 aliphatic carbocycles. The number of alkyl halides is 3. The summed E-state index contributed by atoms with van der Waals surface area (Å²) in [6, 6.07) is 3.95. The fourth-order valence-electron chi connectivity index (χ4n) is 2.81. The number of carbonyl (C=O) groups is 1. The van der Waals surface area contributed by atoms with E-state index in [1.54, 1.807) is 23.4 Å². The Morgan fingerprint density at radius 2 is 2.00 bits per heavy atom. The highest BCUT2D eigenvalue weighted by atomic mass is 19.4. The van der Waals surface area contributed by atoms with Gasteiger partial charge in [-0.1, -0.05) is 0 Å². The minimum absolute atomic E-state index is 0.110. The van der Waals surface area contributed by atoms with Gasteiger partial charge in [0.05, 0.1) is 12.2 Å². The third-order valence-corrected chi connectivity index (χ3v) is 4.10. The maximum absolute atomic E-state index is 12.6. The third kappa shape index (κ3) is 4.47. The molecule has 1 aliphatic heterocycles. The lowest BCUT2D eigenvalue weighted by atomic mass is 9.98. The van der Waals surface area contributed by atoms with Crippen molar-refractivity contribution >= 4 is 5.91 Å². The van der Waals surface area contributed by atoms with E-state index < -0.39 is 11.9 Å². The summed E-state index contributed by atoms with van der Waals surface area (Å²) in [5.74, 6) is -0.217. The molecule has 1 unspecified atom stereocenters. The molecule has 26 heavy (non-hydrogen) atoms. The summed E-state index contributed by atoms with van der Waals surface area (Å²) in [5.41, 5.74) is -0.868. The van der Waals surface area contributed by atoms with Crippen LogP contribution in [0, 0.1) is 5.92 Å². The Kier molecular flexibility index (Phi) is 5.34. The normalized spacial score (nSPS) is 17.8. The molecular weight excluding hydrogens is 349 g/mol. The van der Waals surface area contributed by atoms with Crippen molar-refractivity contribution in [1.29, 1.82) is 0 Å². The summed E-state index contributed by atoms with van der Waals surface area (Å²) in [6.45, 7) is 1.39. The van der Waals surface area contributed by atoms with Crippen molar-refractivity contribution in [2.24, 2.45) is 5.92 Å². The van der Waals surface area contributed by atoms with Crippen LogP contribution in [0.3, 0.4) is 0 Å². The van der Waals surface area contributed by atoms with Gasteiger partial charge < -0.3 is 9.64 Å². The number of piperidine rings is 1. The molecule has 1 saturated heterocycles. The van der Waals surface area contributed by atoms with Gasteiger partial charge in [0.2, 0.25) is 0 Å². The number of likely N-dealkylation sites (tertiary alicyclic amines) is 1. The molecule has 1 aliphatic rings. The molecule has 0 radical (unpaired) electrons. The van der Waals surface area contributed by atoms with Crippen LogP contribution in [-0.2, 0) is 6.18 Å². The topological polar surface area (TPSA) is 68.2 Å². The number of halogens is 3. The number of nitrogens with zero attached hydrogens (tertiary/aromatic N) is 4. The second kappa shape index (κ2) is 7.67. The van der Waals surface area contributed by atoms with E-state index in [-0.39, 0.29) is 23.4 Å². The lowest BCUT2D eigenvalue weighted by molar-refractivity contribution is -0.141. The zero-order valence-electron chi connectivity index (χ0n) is 13.8. The molecule has 9 heteroatoms. The predicted octanol–water partition coefficient (Wildman–Crippen LogP) is 2.82. The molecule has 6 nitrogen and oxygen atoms in total. The monoisotopic (exact) mass is 366 g/mol. The summed E-state index contributed by atoms with van der Waals surface area (Å²) >= 11 is 0. The van der Waals surface area contributed by atoms with Crippen LogP contribution in [0.25, 0.3) is 0 Å². The second-order valence-electron chi connectivity index (χ2n) is 6.03. The smallest absolute Gasteiger partial charge is 0.433 e. The second-order valence-corrected chi connectivity index (χ2v) is 6.03. The van der Waals surface area contributed by atoms with E-state index in [4.69, 9.17) is 4.74 Å². The van der Waals surface area contributed by atoms with Crippen molar-refractivity contribution in [3.8, 4) is 6.01 Å². The standard InChI is InChI=1S/C17H17F3N4O2/c18-17(19,20)14-5-4-13(9-23-14)15(25)24-8-1-3-12(10-24)11-26-16-21-6-2-7-22-16/h2,4-7,9,12H,1,3,8,10-11H2. The van der Waals surface area contributed by atoms with Crippen LogP contribution in [-0.4, -0.2) is 45.5 Å². The summed E-state index contributed by atoms with van der Waals surface area (Å²) in [6.07, 6.45) is 1.30. The number of pyridine rings is 1. The van der Waals surface area contributed by atoms with Gasteiger partial charge in [-0.3, -0.25) is 9.78 Å². The zero-order chi connectivity index (χ0) is 18.6. The zero-order valence-corrected chi connectivity index (χ0v) is 13.8. The number of aromatic nitrogens is 3. The number of rotatable bonds is 4. The molecule has 0 saturated carbocycles. The Bertz CT molecular complexity index is 738. The van der Waals surface area contributed by atoms with Gasteiger partial charge in [-0.05, 0) is 31.0 Å². The lowest BCUT2D eigenvalue weighted by Crippen LogP contribution is -2.41. The first-order valence-electron chi connectivity index (χ1n) is 8.16. The molecule has 0 N–H and O–H groups in total. The van der Waals surface area contributed by atoms with E-state index in [0.29, 0.717) is 19.7 Å². The molecular formula is C17H17F3N4O2. The van der Waals surface area contributed by atoms with E-state index in [0.717, 1.165) is 31.2 Å². The fraction of sp³-hybridized carbons (Fsp3) is 0.412. The molecule has 2 aromatic rings. The highest BCUT2D eigenvalue weighted by Gasteiger charge is 2.33. The van der Waals surface area contributed by atoms with Crippen LogP contribution in [0.15, 0.2) is 36.8 Å². The summed E-state index contributed by atoms with van der Waals surface area (Å²) in [7, 11) is 0. The molecule has 1 atom stereocenters. The molecule has 0 aromatic carbocycles. The number of ether oxygens (including phenoxy) is 1. The first-order chi connectivity index (χ1) is 12.4. The molecule has 0 spiro atoms. The van der Waals surface area contributed by atoms with E-state index >= 15 is 0 Å². The predicted molar refractivity (Wildman–Crippen MR) is 85.4 cm³/mol. The van der Waals surface area contributed by atoms with Crippen LogP contribution in [0.2, 0.25) is 0 Å². The molecule has 3 heterocycles. The van der Waals surface area contributed by atoms with Crippen LogP contribution in [0.4, 0.5) is 13.2 Å². The fourth-order valence-corrected chi connectivity index (χ4v) is 2.81. The van der Waals surface area contributed by atoms with Crippen LogP contribution >= 0.6 is 0 Å². The molecule has 1 amide bonds. The largest absolute Gasteiger partial charge is 0.463 e. The van der Waals surface area contributed by atoms with Crippen LogP contribution in [0.5, 0.6) is 6.01 Å². The first kappa shape index (κ1) is 18.1. The van der Waals surface area contributed by atoms with Gasteiger partial charge >= 0.3 is 12.2 Å². The Balaban J connectivity index is 1.59. The average Bonchev–Trinajstić information content (AvgIpc) is 2.66. The highest BCUT2D eigenvalue weighted by molar-refractivity contribution is 5.94. The van der Waals surface area contributed by atoms with Gasteiger partial charge in [0.25, 0.3) is 5.91 Å². The van der Waals surface area contributed by atoms with Gasteiger partial charge in [-0.25, -0.2) is 9.97 Å². The Morgan fingerprint density at radius 3 is 2.65 bits per heavy atom. The summed E-state index contributed by atoms with van der Waals surface area (Å²) in [4.78, 5) is 25.4. The van der Waals surface area contributed by atoms with Crippen molar-refractivity contribution in [3.05, 3.63) is 48.0 Å². The van der Waals surface area contributed by atoms with E-state index in [2.05, 4.69) is 15.0 Å². The minimum Gasteiger partial charge on any atom is -0.463 e. The number of hydrogen-bond donors (Lipinski definition) is 0. The summed E-state index contributed by atoms with van der Waals surface area (Å²) in [5, 5.41) is 0. The number of hydrogen-bond acceptors (Lipinski definition) is 5. The van der Waals surface area contributed by atoms with E-state index in [9.17, 15) is 18.0 Å². The Labute approximate surface area is 148 Å². The first-order valence-corrected chi connectivity index (χ1v) is 8.16. The van der Waals surface area contributed by atoms with Gasteiger partial charge in [0.1, 0.15) is 5.69 Å². The van der Waals surface area contributed by atoms with Crippen molar-refractivity contribution in [3.63, 3.8) is 0 Å². The third-order valence-electron chi connectivity index (χ3n) is 4.10. The molecule has 3 rings (SSSR count). The maximum Gasteiger partial charge on any atom is 0.433 e. The van der Waals surface area contributed by atoms with Crippen molar-refractivity contribution in [2.75, 3.05) is 19.7 Å². The van der Waals surface area contributed by atoms with Crippen molar-refractivity contribution in [1.82, 2.24) is 19.9 Å². The van der Waals surface area contributed by atoms with Crippen LogP contribution in [0.1, 0.15) is 28.9 Å². The van der Waals surface area contributed by atoms with Crippen molar-refractivity contribution in [2.45, 2.75) is 19.0 Å². The molecule has 0 bridgehead atoms. The van der Waals surface area contributed by atoms with E-state index in [1.807, 2.05) is 0 Å². The van der Waals surface area contributed by atoms with E-state index in [1.165, 1.54) is 0 Å². The average molecular weight is 366 g/mol. The van der Waals surface area contributed by atoms with Crippen molar-refractivity contribution < 1.29 is 22.7 Å². The van der Waals surface area contributed by atoms with Gasteiger partial charge in [-0.15, -0.1) is 0 Å². The van der Waals surface area contributed by atoms with Gasteiger partial charge in [0, 0.05) is 37.6 Å². The Morgan fingerprint density at radius 1 is 1.23 bits per heavy atom. The van der Waals surface area contributed by atoms with Gasteiger partial charge in [0.15, 0.2) is 0 Å². The highest BCUT2D eigenvalue weighted by Crippen LogP contribution is 2.27. The molecule has 1 fully saturated rings. The quantitative estimate of drug-likeness (QED) is 0.832. The number of amides is 1. The SMILES string of the molecule is O=C(c1ccc(C(F)(F)F)nc1)N1CCCC(COc2ncccn2)C1. The van der Waals surface area contributed by atoms with Gasteiger partial charge in [-0.2, -0.15) is 13.2 Å². The van der Waals surface area contributed by atoms with Crippen LogP contribution < -0.4 is 4.74 Å². The number of carbonyl (C=O) groups excluding carboxylic acids is 1. The molecule has 138 valence electrons. The molecule has 2 aromatic heterocycles. The minimum atomic E-state index is -4.52. The Hall–Kier alpha value is -2.71. The maximum atomic E-state index is 12.6. The lowest BCUT2D eigenvalue weighted by Gasteiger charge is -2.32.